The van der Waals surface area contributed by atoms with Crippen LogP contribution >= 0.6 is 11.8 Å². The normalized spacial score (nSPS) is 23.3. The van der Waals surface area contributed by atoms with Crippen molar-refractivity contribution < 1.29 is 18.7 Å². The minimum Gasteiger partial charge on any atom is -0.444 e. The molecule has 0 bridgehead atoms. The van der Waals surface area contributed by atoms with Crippen LogP contribution in [-0.4, -0.2) is 62.9 Å². The molecule has 1 spiro atoms. The van der Waals surface area contributed by atoms with Crippen molar-refractivity contribution in [3.05, 3.63) is 54.9 Å². The molecule has 3 atom stereocenters. The Hall–Kier alpha value is -3.44. The maximum atomic E-state index is 14.3. The van der Waals surface area contributed by atoms with Gasteiger partial charge in [-0.2, -0.15) is 0 Å². The number of fused-ring (bicyclic) bond motifs is 2. The molecular weight excluding hydrogens is 531 g/mol. The molecular formula is C29H33FN6O3S. The second-order valence-corrected chi connectivity index (χ2v) is 12.8. The fraction of sp³-hybridized carbons (Fsp3) is 0.448. The summed E-state index contributed by atoms with van der Waals surface area (Å²) in [5.41, 5.74) is 0.349. The van der Waals surface area contributed by atoms with E-state index in [2.05, 4.69) is 27.1 Å². The third kappa shape index (κ3) is 5.08. The lowest BCUT2D eigenvalue weighted by molar-refractivity contribution is 0.0385. The number of para-hydroxylation sites is 1. The minimum absolute atomic E-state index is 0.141. The average Bonchev–Trinajstić information content (AvgIpc) is 3.53. The van der Waals surface area contributed by atoms with Crippen LogP contribution in [0.5, 0.6) is 0 Å². The van der Waals surface area contributed by atoms with Gasteiger partial charge in [0.2, 0.25) is 5.95 Å². The summed E-state index contributed by atoms with van der Waals surface area (Å²) in [4.78, 5) is 30.5. The number of pyridine rings is 1. The van der Waals surface area contributed by atoms with Crippen molar-refractivity contribution in [3.8, 4) is 0 Å². The average molecular weight is 565 g/mol. The van der Waals surface area contributed by atoms with E-state index in [9.17, 15) is 9.18 Å². The lowest BCUT2D eigenvalue weighted by Gasteiger charge is -2.45. The Morgan fingerprint density at radius 2 is 2.05 bits per heavy atom. The van der Waals surface area contributed by atoms with Gasteiger partial charge >= 0.3 is 6.09 Å². The number of imidazole rings is 1. The van der Waals surface area contributed by atoms with E-state index in [4.69, 9.17) is 14.5 Å². The first-order chi connectivity index (χ1) is 19.1. The highest BCUT2D eigenvalue weighted by Gasteiger charge is 2.49. The van der Waals surface area contributed by atoms with E-state index in [1.54, 1.807) is 18.5 Å². The number of nitrogens with one attached hydrogen (secondary N) is 1. The molecule has 4 aromatic rings. The van der Waals surface area contributed by atoms with Gasteiger partial charge in [-0.15, -0.1) is 0 Å². The van der Waals surface area contributed by atoms with Crippen LogP contribution in [0, 0.1) is 11.2 Å². The van der Waals surface area contributed by atoms with Crippen LogP contribution in [0.25, 0.3) is 16.6 Å². The van der Waals surface area contributed by atoms with E-state index in [0.717, 1.165) is 46.2 Å². The highest BCUT2D eigenvalue weighted by molar-refractivity contribution is 7.99. The number of anilines is 1. The summed E-state index contributed by atoms with van der Waals surface area (Å²) < 4.78 is 27.9. The van der Waals surface area contributed by atoms with Crippen molar-refractivity contribution in [2.45, 2.75) is 68.1 Å². The number of alkyl carbamates (subject to hydrolysis) is 1. The quantitative estimate of drug-likeness (QED) is 0.349. The first-order valence-electron chi connectivity index (χ1n) is 13.5. The number of benzene rings is 1. The van der Waals surface area contributed by atoms with Crippen LogP contribution in [0.2, 0.25) is 0 Å². The number of halogens is 1. The van der Waals surface area contributed by atoms with E-state index in [1.165, 1.54) is 17.8 Å². The fourth-order valence-corrected chi connectivity index (χ4v) is 6.78. The Morgan fingerprint density at radius 3 is 2.83 bits per heavy atom. The number of rotatable bonds is 4. The molecule has 9 nitrogen and oxygen atoms in total. The molecule has 0 aliphatic carbocycles. The monoisotopic (exact) mass is 564 g/mol. The zero-order valence-electron chi connectivity index (χ0n) is 23.1. The predicted molar refractivity (Wildman–Crippen MR) is 151 cm³/mol. The number of aromatic nitrogens is 4. The topological polar surface area (TPSA) is 93.9 Å². The molecule has 1 N–H and O–H groups in total. The summed E-state index contributed by atoms with van der Waals surface area (Å²) in [6, 6.07) is 6.68. The molecule has 3 aromatic heterocycles. The highest BCUT2D eigenvalue weighted by Crippen LogP contribution is 2.43. The van der Waals surface area contributed by atoms with Gasteiger partial charge in [-0.3, -0.25) is 9.38 Å². The largest absolute Gasteiger partial charge is 0.444 e. The Balaban J connectivity index is 1.29. The zero-order chi connectivity index (χ0) is 28.1. The Morgan fingerprint density at radius 1 is 1.20 bits per heavy atom. The lowest BCUT2D eigenvalue weighted by atomic mass is 9.73. The van der Waals surface area contributed by atoms with Crippen molar-refractivity contribution in [2.75, 3.05) is 24.6 Å². The van der Waals surface area contributed by atoms with Crippen molar-refractivity contribution in [1.82, 2.24) is 24.7 Å². The number of hydrogen-bond donors (Lipinski definition) is 1. The maximum Gasteiger partial charge on any atom is 0.407 e. The van der Waals surface area contributed by atoms with Crippen LogP contribution in [0.4, 0.5) is 15.1 Å². The fourth-order valence-electron chi connectivity index (χ4n) is 5.79. The molecule has 2 aliphatic rings. The van der Waals surface area contributed by atoms with Crippen LogP contribution in [0.15, 0.2) is 58.8 Å². The molecule has 1 aromatic carbocycles. The summed E-state index contributed by atoms with van der Waals surface area (Å²) in [5, 5.41) is 3.90. The van der Waals surface area contributed by atoms with E-state index in [-0.39, 0.29) is 23.4 Å². The Bertz CT molecular complexity index is 1570. The number of carbonyl (C=O) groups excluding carboxylic acids is 1. The van der Waals surface area contributed by atoms with Crippen LogP contribution in [0.1, 0.15) is 40.5 Å². The molecule has 1 amide bonds. The number of carbonyl (C=O) groups is 1. The van der Waals surface area contributed by atoms with Gasteiger partial charge in [0, 0.05) is 53.6 Å². The Labute approximate surface area is 236 Å². The number of hydrogen-bond acceptors (Lipinski definition) is 8. The van der Waals surface area contributed by atoms with Gasteiger partial charge in [0.05, 0.1) is 23.6 Å². The van der Waals surface area contributed by atoms with Gasteiger partial charge in [0.1, 0.15) is 16.9 Å². The molecule has 5 heterocycles. The molecule has 210 valence electrons. The molecule has 0 radical (unpaired) electrons. The minimum atomic E-state index is -0.588. The maximum absolute atomic E-state index is 14.3. The van der Waals surface area contributed by atoms with Crippen molar-refractivity contribution >= 4 is 40.4 Å². The molecule has 6 rings (SSSR count). The van der Waals surface area contributed by atoms with Crippen molar-refractivity contribution in [1.29, 1.82) is 0 Å². The molecule has 2 unspecified atom stereocenters. The second kappa shape index (κ2) is 10.2. The molecule has 40 heavy (non-hydrogen) atoms. The molecule has 2 fully saturated rings. The van der Waals surface area contributed by atoms with Crippen LogP contribution in [0.3, 0.4) is 0 Å². The summed E-state index contributed by atoms with van der Waals surface area (Å²) in [7, 11) is 0. The molecule has 11 heteroatoms. The summed E-state index contributed by atoms with van der Waals surface area (Å²) in [5.74, 6) is 0.402. The molecule has 2 saturated heterocycles. The third-order valence-corrected chi connectivity index (χ3v) is 8.70. The summed E-state index contributed by atoms with van der Waals surface area (Å²) in [6.07, 6.45) is 8.53. The first kappa shape index (κ1) is 26.8. The van der Waals surface area contributed by atoms with Gasteiger partial charge in [0.15, 0.2) is 5.65 Å². The van der Waals surface area contributed by atoms with Crippen molar-refractivity contribution in [2.24, 2.45) is 5.41 Å². The summed E-state index contributed by atoms with van der Waals surface area (Å²) >= 11 is 1.48. The van der Waals surface area contributed by atoms with Gasteiger partial charge in [-0.25, -0.2) is 19.2 Å². The second-order valence-electron chi connectivity index (χ2n) is 11.7. The van der Waals surface area contributed by atoms with Gasteiger partial charge in [-0.1, -0.05) is 23.9 Å². The van der Waals surface area contributed by atoms with Gasteiger partial charge < -0.3 is 19.7 Å². The van der Waals surface area contributed by atoms with E-state index < -0.39 is 11.7 Å². The van der Waals surface area contributed by atoms with E-state index >= 15 is 0 Å². The van der Waals surface area contributed by atoms with E-state index in [1.807, 2.05) is 49.7 Å². The number of nitrogens with zero attached hydrogens (tertiary/aromatic N) is 5. The van der Waals surface area contributed by atoms with Gasteiger partial charge in [-0.05, 0) is 52.7 Å². The van der Waals surface area contributed by atoms with E-state index in [0.29, 0.717) is 18.7 Å². The molecule has 0 saturated carbocycles. The highest BCUT2D eigenvalue weighted by atomic mass is 32.2. The standard InChI is InChI=1S/C29H33FN6O3S/c1-18-14-29(17-38-18)9-12-35(16-23(29)34-27(37)39-28(2,3)4)26-33-15-22(25-32-11-13-36(25)26)40-21-8-10-31-24-19(21)6-5-7-20(24)30/h5-8,10-11,13,15,18,23H,9,12,14,16-17H2,1-4H3,(H,34,37)/t18-,23?,29?/m0/s1. The molecule has 2 aliphatic heterocycles. The number of piperidine rings is 1. The van der Waals surface area contributed by atoms with Crippen LogP contribution < -0.4 is 10.2 Å². The lowest BCUT2D eigenvalue weighted by Crippen LogP contribution is -2.60. The number of ether oxygens (including phenoxy) is 2. The van der Waals surface area contributed by atoms with Crippen LogP contribution in [-0.2, 0) is 9.47 Å². The SMILES string of the molecule is C[C@H]1CC2(CCN(c3ncc(Sc4ccnc5c(F)cccc45)c4nccn34)CC2NC(=O)OC(C)(C)C)CO1. The smallest absolute Gasteiger partial charge is 0.407 e. The first-order valence-corrected chi connectivity index (χ1v) is 14.3. The Kier molecular flexibility index (Phi) is 6.82. The number of amides is 1. The van der Waals surface area contributed by atoms with Crippen molar-refractivity contribution in [3.63, 3.8) is 0 Å². The van der Waals surface area contributed by atoms with Gasteiger partial charge in [0.25, 0.3) is 0 Å². The summed E-state index contributed by atoms with van der Waals surface area (Å²) in [6.45, 7) is 9.61. The third-order valence-electron chi connectivity index (χ3n) is 7.62. The zero-order valence-corrected chi connectivity index (χ0v) is 23.9. The predicted octanol–water partition coefficient (Wildman–Crippen LogP) is 5.47.